The highest BCUT2D eigenvalue weighted by atomic mass is 19.1. The maximum absolute atomic E-state index is 13.0. The summed E-state index contributed by atoms with van der Waals surface area (Å²) in [5, 5.41) is 0. The molecule has 1 amide bonds. The maximum Gasteiger partial charge on any atom is 0.268 e. The molecular formula is C17H17FN2O2. The van der Waals surface area contributed by atoms with E-state index in [1.54, 1.807) is 35.2 Å². The number of rotatable bonds is 3. The van der Waals surface area contributed by atoms with Crippen molar-refractivity contribution < 1.29 is 13.9 Å². The minimum atomic E-state index is -0.519. The van der Waals surface area contributed by atoms with Crippen molar-refractivity contribution in [3.63, 3.8) is 0 Å². The molecule has 0 saturated carbocycles. The van der Waals surface area contributed by atoms with E-state index >= 15 is 0 Å². The van der Waals surface area contributed by atoms with Gasteiger partial charge in [-0.3, -0.25) is 4.79 Å². The predicted molar refractivity (Wildman–Crippen MR) is 83.2 cm³/mol. The van der Waals surface area contributed by atoms with Crippen molar-refractivity contribution >= 4 is 17.3 Å². The van der Waals surface area contributed by atoms with Gasteiger partial charge in [-0.15, -0.1) is 0 Å². The van der Waals surface area contributed by atoms with Crippen LogP contribution in [-0.4, -0.2) is 12.0 Å². The van der Waals surface area contributed by atoms with Gasteiger partial charge in [-0.1, -0.05) is 19.1 Å². The van der Waals surface area contributed by atoms with Crippen LogP contribution in [0, 0.1) is 5.82 Å². The second kappa shape index (κ2) is 5.67. The van der Waals surface area contributed by atoms with Crippen molar-refractivity contribution in [2.45, 2.75) is 26.0 Å². The van der Waals surface area contributed by atoms with Crippen molar-refractivity contribution in [3.8, 4) is 5.75 Å². The van der Waals surface area contributed by atoms with Crippen LogP contribution in [0.2, 0.25) is 0 Å². The van der Waals surface area contributed by atoms with Crippen molar-refractivity contribution in [1.29, 1.82) is 0 Å². The first-order chi connectivity index (χ1) is 10.6. The number of amides is 1. The highest BCUT2D eigenvalue weighted by Gasteiger charge is 2.33. The number of fused-ring (bicyclic) bond motifs is 1. The molecule has 2 aromatic rings. The number of anilines is 2. The number of hydrogen-bond acceptors (Lipinski definition) is 3. The summed E-state index contributed by atoms with van der Waals surface area (Å²) in [5.74, 6) is 0.217. The van der Waals surface area contributed by atoms with E-state index in [2.05, 4.69) is 0 Å². The van der Waals surface area contributed by atoms with E-state index in [9.17, 15) is 9.18 Å². The molecule has 0 saturated heterocycles. The molecule has 1 aliphatic rings. The number of carbonyl (C=O) groups excluding carboxylic acids is 1. The Balaban J connectivity index is 1.97. The molecule has 0 radical (unpaired) electrons. The lowest BCUT2D eigenvalue weighted by molar-refractivity contribution is -0.126. The second-order valence-corrected chi connectivity index (χ2v) is 5.29. The van der Waals surface area contributed by atoms with Gasteiger partial charge >= 0.3 is 0 Å². The van der Waals surface area contributed by atoms with Crippen LogP contribution in [0.15, 0.2) is 42.5 Å². The van der Waals surface area contributed by atoms with Gasteiger partial charge in [-0.05, 0) is 36.2 Å². The molecule has 0 aliphatic carbocycles. The summed E-state index contributed by atoms with van der Waals surface area (Å²) in [6.45, 7) is 2.27. The van der Waals surface area contributed by atoms with Gasteiger partial charge < -0.3 is 15.4 Å². The fourth-order valence-electron chi connectivity index (χ4n) is 2.54. The Morgan fingerprint density at radius 3 is 2.64 bits per heavy atom. The van der Waals surface area contributed by atoms with Crippen LogP contribution >= 0.6 is 0 Å². The van der Waals surface area contributed by atoms with Crippen molar-refractivity contribution in [2.24, 2.45) is 0 Å². The van der Waals surface area contributed by atoms with Crippen molar-refractivity contribution in [2.75, 3.05) is 10.6 Å². The van der Waals surface area contributed by atoms with Gasteiger partial charge in [0.25, 0.3) is 5.91 Å². The zero-order chi connectivity index (χ0) is 15.7. The van der Waals surface area contributed by atoms with Gasteiger partial charge in [0.15, 0.2) is 6.10 Å². The van der Waals surface area contributed by atoms with Crippen LogP contribution in [0.25, 0.3) is 0 Å². The van der Waals surface area contributed by atoms with E-state index in [4.69, 9.17) is 10.5 Å². The summed E-state index contributed by atoms with van der Waals surface area (Å²) in [4.78, 5) is 14.2. The van der Waals surface area contributed by atoms with Gasteiger partial charge in [-0.25, -0.2) is 4.39 Å². The summed E-state index contributed by atoms with van der Waals surface area (Å²) in [6, 6.07) is 11.4. The fourth-order valence-corrected chi connectivity index (χ4v) is 2.54. The Kier molecular flexibility index (Phi) is 3.71. The number of hydrogen-bond donors (Lipinski definition) is 1. The summed E-state index contributed by atoms with van der Waals surface area (Å²) >= 11 is 0. The molecular weight excluding hydrogens is 283 g/mol. The molecule has 5 heteroatoms. The Morgan fingerprint density at radius 1 is 1.23 bits per heavy atom. The molecule has 0 fully saturated rings. The number of benzene rings is 2. The van der Waals surface area contributed by atoms with Crippen LogP contribution in [0.5, 0.6) is 5.75 Å². The van der Waals surface area contributed by atoms with Crippen LogP contribution in [0.4, 0.5) is 15.8 Å². The number of halogens is 1. The van der Waals surface area contributed by atoms with Crippen LogP contribution in [0.3, 0.4) is 0 Å². The van der Waals surface area contributed by atoms with E-state index in [-0.39, 0.29) is 11.7 Å². The monoisotopic (exact) mass is 300 g/mol. The first-order valence-corrected chi connectivity index (χ1v) is 7.20. The van der Waals surface area contributed by atoms with Gasteiger partial charge in [-0.2, -0.15) is 0 Å². The first kappa shape index (κ1) is 14.4. The third kappa shape index (κ3) is 2.62. The van der Waals surface area contributed by atoms with Gasteiger partial charge in [0.05, 0.1) is 12.2 Å². The molecule has 2 N–H and O–H groups in total. The van der Waals surface area contributed by atoms with E-state index < -0.39 is 6.10 Å². The summed E-state index contributed by atoms with van der Waals surface area (Å²) < 4.78 is 18.8. The topological polar surface area (TPSA) is 55.6 Å². The fraction of sp³-hybridized carbons (Fsp3) is 0.235. The number of nitrogen functional groups attached to an aromatic ring is 1. The summed E-state index contributed by atoms with van der Waals surface area (Å²) in [5.41, 5.74) is 7.92. The van der Waals surface area contributed by atoms with Crippen molar-refractivity contribution in [3.05, 3.63) is 53.8 Å². The van der Waals surface area contributed by atoms with E-state index in [0.717, 1.165) is 5.56 Å². The highest BCUT2D eigenvalue weighted by molar-refractivity contribution is 6.00. The van der Waals surface area contributed by atoms with Crippen molar-refractivity contribution in [1.82, 2.24) is 0 Å². The lowest BCUT2D eigenvalue weighted by atomic mass is 10.1. The molecule has 0 aromatic heterocycles. The Hall–Kier alpha value is -2.56. The Bertz CT molecular complexity index is 700. The molecule has 3 rings (SSSR count). The molecule has 114 valence electrons. The lowest BCUT2D eigenvalue weighted by Gasteiger charge is -2.34. The lowest BCUT2D eigenvalue weighted by Crippen LogP contribution is -2.45. The molecule has 2 aromatic carbocycles. The zero-order valence-corrected chi connectivity index (χ0v) is 12.3. The van der Waals surface area contributed by atoms with Crippen LogP contribution < -0.4 is 15.4 Å². The number of nitrogens with zero attached hydrogens (tertiary/aromatic N) is 1. The zero-order valence-electron chi connectivity index (χ0n) is 12.3. The minimum absolute atomic E-state index is 0.0934. The number of carbonyl (C=O) groups is 1. The maximum atomic E-state index is 13.0. The average Bonchev–Trinajstić information content (AvgIpc) is 2.51. The number of nitrogens with two attached hydrogens (primary N) is 1. The van der Waals surface area contributed by atoms with Crippen LogP contribution in [-0.2, 0) is 11.3 Å². The molecule has 22 heavy (non-hydrogen) atoms. The van der Waals surface area contributed by atoms with E-state index in [1.165, 1.54) is 12.1 Å². The second-order valence-electron chi connectivity index (χ2n) is 5.29. The Morgan fingerprint density at radius 2 is 1.95 bits per heavy atom. The molecule has 1 heterocycles. The summed E-state index contributed by atoms with van der Waals surface area (Å²) in [6.07, 6.45) is 0.0576. The van der Waals surface area contributed by atoms with Gasteiger partial charge in [0.1, 0.15) is 11.6 Å². The normalized spacial score (nSPS) is 17.1. The third-order valence-corrected chi connectivity index (χ3v) is 3.71. The van der Waals surface area contributed by atoms with Crippen LogP contribution in [0.1, 0.15) is 18.9 Å². The smallest absolute Gasteiger partial charge is 0.268 e. The molecule has 1 atom stereocenters. The minimum Gasteiger partial charge on any atom is -0.478 e. The molecule has 0 bridgehead atoms. The van der Waals surface area contributed by atoms with E-state index in [0.29, 0.717) is 30.1 Å². The molecule has 1 aliphatic heterocycles. The number of ether oxygens (including phenoxy) is 1. The summed E-state index contributed by atoms with van der Waals surface area (Å²) in [7, 11) is 0. The quantitative estimate of drug-likeness (QED) is 0.886. The molecule has 0 spiro atoms. The average molecular weight is 300 g/mol. The molecule has 0 unspecified atom stereocenters. The van der Waals surface area contributed by atoms with E-state index in [1.807, 2.05) is 6.92 Å². The predicted octanol–water partition coefficient (Wildman–Crippen LogP) is 3.11. The first-order valence-electron chi connectivity index (χ1n) is 7.20. The molecule has 4 nitrogen and oxygen atoms in total. The SMILES string of the molecule is CC[C@H]1Oc2cc(N)ccc2N(Cc2ccc(F)cc2)C1=O. The van der Waals surface area contributed by atoms with Gasteiger partial charge in [0, 0.05) is 11.8 Å². The van der Waals surface area contributed by atoms with Gasteiger partial charge in [0.2, 0.25) is 0 Å². The highest BCUT2D eigenvalue weighted by Crippen LogP contribution is 2.37. The Labute approximate surface area is 128 Å². The largest absolute Gasteiger partial charge is 0.478 e. The third-order valence-electron chi connectivity index (χ3n) is 3.71. The standard InChI is InChI=1S/C17H17FN2O2/c1-2-15-17(21)20(10-11-3-5-12(18)6-4-11)14-8-7-13(19)9-16(14)22-15/h3-9,15H,2,10,19H2,1H3/t15-/m1/s1.